The average molecular weight is 298 g/mol. The molecule has 1 fully saturated rings. The summed E-state index contributed by atoms with van der Waals surface area (Å²) in [6, 6.07) is 6.76. The molecule has 1 saturated carbocycles. The van der Waals surface area contributed by atoms with Crippen LogP contribution in [0.4, 0.5) is 5.69 Å². The van der Waals surface area contributed by atoms with Crippen LogP contribution in [0.15, 0.2) is 22.7 Å². The molecule has 1 aromatic carbocycles. The molecule has 0 spiro atoms. The summed E-state index contributed by atoms with van der Waals surface area (Å²) < 4.78 is 6.33. The molecule has 2 unspecified atom stereocenters. The molecule has 0 bridgehead atoms. The van der Waals surface area contributed by atoms with Gasteiger partial charge in [-0.1, -0.05) is 35.7 Å². The molecule has 0 aromatic heterocycles. The van der Waals surface area contributed by atoms with E-state index in [9.17, 15) is 0 Å². The summed E-state index contributed by atoms with van der Waals surface area (Å²) in [7, 11) is 1.70. The van der Waals surface area contributed by atoms with Crippen molar-refractivity contribution in [1.29, 1.82) is 0 Å². The molecule has 2 rings (SSSR count). The first-order chi connectivity index (χ1) is 8.17. The van der Waals surface area contributed by atoms with Gasteiger partial charge in [0.15, 0.2) is 0 Å². The summed E-state index contributed by atoms with van der Waals surface area (Å²) in [6.45, 7) is 2.34. The van der Waals surface area contributed by atoms with E-state index in [1.807, 2.05) is 6.07 Å². The number of benzene rings is 1. The molecule has 1 aromatic rings. The van der Waals surface area contributed by atoms with E-state index in [0.29, 0.717) is 6.04 Å². The van der Waals surface area contributed by atoms with E-state index in [4.69, 9.17) is 4.74 Å². The van der Waals surface area contributed by atoms with Gasteiger partial charge in [-0.05, 0) is 30.9 Å². The van der Waals surface area contributed by atoms with Crippen LogP contribution in [-0.4, -0.2) is 13.2 Å². The van der Waals surface area contributed by atoms with Crippen molar-refractivity contribution in [3.8, 4) is 5.75 Å². The van der Waals surface area contributed by atoms with Gasteiger partial charge in [-0.2, -0.15) is 0 Å². The zero-order chi connectivity index (χ0) is 12.3. The standard InChI is InChI=1S/C14H20BrNO/c1-10-4-3-5-12(6-10)16-13-7-11(15)8-14(9-13)17-2/h7-10,12,16H,3-6H2,1-2H3. The number of rotatable bonds is 3. The molecule has 1 aliphatic carbocycles. The van der Waals surface area contributed by atoms with Crippen LogP contribution in [0.1, 0.15) is 32.6 Å². The second kappa shape index (κ2) is 5.76. The number of anilines is 1. The Balaban J connectivity index is 2.04. The minimum Gasteiger partial charge on any atom is -0.497 e. The Morgan fingerprint density at radius 3 is 2.82 bits per heavy atom. The number of hydrogen-bond acceptors (Lipinski definition) is 2. The topological polar surface area (TPSA) is 21.3 Å². The fraction of sp³-hybridized carbons (Fsp3) is 0.571. The van der Waals surface area contributed by atoms with Gasteiger partial charge in [-0.3, -0.25) is 0 Å². The molecule has 3 heteroatoms. The normalized spacial score (nSPS) is 24.4. The van der Waals surface area contributed by atoms with Crippen LogP contribution >= 0.6 is 15.9 Å². The van der Waals surface area contributed by atoms with Crippen LogP contribution in [0.5, 0.6) is 5.75 Å². The van der Waals surface area contributed by atoms with Gasteiger partial charge in [0.05, 0.1) is 7.11 Å². The monoisotopic (exact) mass is 297 g/mol. The highest BCUT2D eigenvalue weighted by atomic mass is 79.9. The van der Waals surface area contributed by atoms with Crippen molar-refractivity contribution in [1.82, 2.24) is 0 Å². The van der Waals surface area contributed by atoms with E-state index >= 15 is 0 Å². The van der Waals surface area contributed by atoms with Gasteiger partial charge < -0.3 is 10.1 Å². The maximum absolute atomic E-state index is 5.28. The lowest BCUT2D eigenvalue weighted by molar-refractivity contribution is 0.358. The Bertz CT molecular complexity index is 380. The van der Waals surface area contributed by atoms with Crippen LogP contribution in [0.2, 0.25) is 0 Å². The average Bonchev–Trinajstić information content (AvgIpc) is 2.28. The SMILES string of the molecule is COc1cc(Br)cc(NC2CCCC(C)C2)c1. The Morgan fingerprint density at radius 2 is 2.12 bits per heavy atom. The van der Waals surface area contributed by atoms with Crippen molar-refractivity contribution in [2.45, 2.75) is 38.6 Å². The van der Waals surface area contributed by atoms with Crippen molar-refractivity contribution in [3.63, 3.8) is 0 Å². The largest absolute Gasteiger partial charge is 0.497 e. The van der Waals surface area contributed by atoms with E-state index in [1.165, 1.54) is 25.7 Å². The Kier molecular flexibility index (Phi) is 4.32. The molecule has 2 nitrogen and oxygen atoms in total. The van der Waals surface area contributed by atoms with Crippen LogP contribution in [0, 0.1) is 5.92 Å². The third kappa shape index (κ3) is 3.63. The molecule has 1 N–H and O–H groups in total. The van der Waals surface area contributed by atoms with Crippen molar-refractivity contribution in [2.24, 2.45) is 5.92 Å². The van der Waals surface area contributed by atoms with Gasteiger partial charge in [0.2, 0.25) is 0 Å². The lowest BCUT2D eigenvalue weighted by Crippen LogP contribution is -2.26. The lowest BCUT2D eigenvalue weighted by Gasteiger charge is -2.28. The van der Waals surface area contributed by atoms with Gasteiger partial charge in [0.1, 0.15) is 5.75 Å². The zero-order valence-electron chi connectivity index (χ0n) is 10.5. The Labute approximate surface area is 112 Å². The van der Waals surface area contributed by atoms with Crippen molar-refractivity contribution < 1.29 is 4.74 Å². The smallest absolute Gasteiger partial charge is 0.122 e. The predicted molar refractivity (Wildman–Crippen MR) is 75.7 cm³/mol. The quantitative estimate of drug-likeness (QED) is 0.890. The third-order valence-electron chi connectivity index (χ3n) is 3.41. The van der Waals surface area contributed by atoms with Gasteiger partial charge in [0, 0.05) is 22.3 Å². The van der Waals surface area contributed by atoms with Crippen molar-refractivity contribution in [2.75, 3.05) is 12.4 Å². The van der Waals surface area contributed by atoms with E-state index < -0.39 is 0 Å². The fourth-order valence-electron chi connectivity index (χ4n) is 2.56. The molecular weight excluding hydrogens is 278 g/mol. The number of methoxy groups -OCH3 is 1. The number of hydrogen-bond donors (Lipinski definition) is 1. The number of ether oxygens (including phenoxy) is 1. The van der Waals surface area contributed by atoms with E-state index in [-0.39, 0.29) is 0 Å². The highest BCUT2D eigenvalue weighted by Crippen LogP contribution is 2.29. The predicted octanol–water partition coefficient (Wildman–Crippen LogP) is 4.45. The minimum absolute atomic E-state index is 0.609. The molecule has 0 heterocycles. The highest BCUT2D eigenvalue weighted by Gasteiger charge is 2.18. The Morgan fingerprint density at radius 1 is 1.29 bits per heavy atom. The van der Waals surface area contributed by atoms with E-state index in [1.54, 1.807) is 7.11 Å². The summed E-state index contributed by atoms with van der Waals surface area (Å²) in [5, 5.41) is 3.62. The molecule has 94 valence electrons. The van der Waals surface area contributed by atoms with E-state index in [2.05, 4.69) is 40.3 Å². The van der Waals surface area contributed by atoms with Gasteiger partial charge in [-0.25, -0.2) is 0 Å². The third-order valence-corrected chi connectivity index (χ3v) is 3.87. The number of nitrogens with one attached hydrogen (secondary N) is 1. The second-order valence-electron chi connectivity index (χ2n) is 4.99. The first-order valence-electron chi connectivity index (χ1n) is 6.28. The van der Waals surface area contributed by atoms with Crippen LogP contribution in [0.25, 0.3) is 0 Å². The highest BCUT2D eigenvalue weighted by molar-refractivity contribution is 9.10. The molecular formula is C14H20BrNO. The first kappa shape index (κ1) is 12.7. The van der Waals surface area contributed by atoms with Gasteiger partial charge in [0.25, 0.3) is 0 Å². The van der Waals surface area contributed by atoms with Crippen LogP contribution in [-0.2, 0) is 0 Å². The molecule has 17 heavy (non-hydrogen) atoms. The second-order valence-corrected chi connectivity index (χ2v) is 5.91. The Hall–Kier alpha value is -0.700. The lowest BCUT2D eigenvalue weighted by atomic mass is 9.87. The molecule has 0 radical (unpaired) electrons. The minimum atomic E-state index is 0.609. The van der Waals surface area contributed by atoms with E-state index in [0.717, 1.165) is 21.8 Å². The number of halogens is 1. The maximum Gasteiger partial charge on any atom is 0.122 e. The zero-order valence-corrected chi connectivity index (χ0v) is 12.1. The van der Waals surface area contributed by atoms with Crippen molar-refractivity contribution in [3.05, 3.63) is 22.7 Å². The van der Waals surface area contributed by atoms with Crippen LogP contribution < -0.4 is 10.1 Å². The van der Waals surface area contributed by atoms with Crippen LogP contribution in [0.3, 0.4) is 0 Å². The molecule has 0 aliphatic heterocycles. The summed E-state index contributed by atoms with van der Waals surface area (Å²) in [6.07, 6.45) is 5.26. The first-order valence-corrected chi connectivity index (χ1v) is 7.08. The maximum atomic E-state index is 5.28. The summed E-state index contributed by atoms with van der Waals surface area (Å²) in [4.78, 5) is 0. The molecule has 0 saturated heterocycles. The fourth-order valence-corrected chi connectivity index (χ4v) is 3.04. The van der Waals surface area contributed by atoms with Gasteiger partial charge in [-0.15, -0.1) is 0 Å². The molecule has 1 aliphatic rings. The van der Waals surface area contributed by atoms with Gasteiger partial charge >= 0.3 is 0 Å². The molecule has 0 amide bonds. The summed E-state index contributed by atoms with van der Waals surface area (Å²) in [5.41, 5.74) is 1.15. The summed E-state index contributed by atoms with van der Waals surface area (Å²) in [5.74, 6) is 1.74. The van der Waals surface area contributed by atoms with Crippen molar-refractivity contribution >= 4 is 21.6 Å². The summed E-state index contributed by atoms with van der Waals surface area (Å²) >= 11 is 3.51. The molecule has 2 atom stereocenters.